The van der Waals surface area contributed by atoms with E-state index in [4.69, 9.17) is 11.6 Å². The van der Waals surface area contributed by atoms with Gasteiger partial charge in [0.05, 0.1) is 11.3 Å². The first-order chi connectivity index (χ1) is 15.4. The number of aromatic hydroxyl groups is 1. The van der Waals surface area contributed by atoms with Gasteiger partial charge in [-0.05, 0) is 48.0 Å². The highest BCUT2D eigenvalue weighted by atomic mass is 35.5. The van der Waals surface area contributed by atoms with Crippen LogP contribution in [0.4, 0.5) is 24.5 Å². The molecule has 0 saturated heterocycles. The van der Waals surface area contributed by atoms with E-state index in [9.17, 15) is 31.5 Å². The molecule has 3 rings (SSSR count). The lowest BCUT2D eigenvalue weighted by atomic mass is 10.0. The molecule has 33 heavy (non-hydrogen) atoms. The third-order valence-electron chi connectivity index (χ3n) is 4.48. The SMILES string of the molecule is C=CS(=O)(=O)Nc1cc(NC(=O)c2ccc(-c3ccc(C(F)(F)F)cc3Cl)cc2)ccc1O. The summed E-state index contributed by atoms with van der Waals surface area (Å²) in [7, 11) is -3.87. The summed E-state index contributed by atoms with van der Waals surface area (Å²) in [6, 6.07) is 12.8. The number of nitrogens with one attached hydrogen (secondary N) is 2. The van der Waals surface area contributed by atoms with Crippen LogP contribution in [0.5, 0.6) is 5.75 Å². The molecule has 172 valence electrons. The Morgan fingerprint density at radius 3 is 2.27 bits per heavy atom. The van der Waals surface area contributed by atoms with E-state index < -0.39 is 27.7 Å². The van der Waals surface area contributed by atoms with Crippen LogP contribution in [0.3, 0.4) is 0 Å². The second-order valence-electron chi connectivity index (χ2n) is 6.77. The lowest BCUT2D eigenvalue weighted by molar-refractivity contribution is -0.137. The highest BCUT2D eigenvalue weighted by molar-refractivity contribution is 7.95. The van der Waals surface area contributed by atoms with Crippen molar-refractivity contribution in [3.8, 4) is 16.9 Å². The average molecular weight is 497 g/mol. The maximum absolute atomic E-state index is 12.8. The van der Waals surface area contributed by atoms with Gasteiger partial charge in [-0.25, -0.2) is 8.42 Å². The Bertz CT molecular complexity index is 1320. The zero-order valence-corrected chi connectivity index (χ0v) is 18.2. The summed E-state index contributed by atoms with van der Waals surface area (Å²) in [5, 5.41) is 13.0. The first kappa shape index (κ1) is 24.1. The number of anilines is 2. The van der Waals surface area contributed by atoms with Gasteiger partial charge in [-0.15, -0.1) is 0 Å². The number of sulfonamides is 1. The fourth-order valence-corrected chi connectivity index (χ4v) is 3.66. The van der Waals surface area contributed by atoms with Crippen molar-refractivity contribution in [1.82, 2.24) is 0 Å². The Hall–Kier alpha value is -3.50. The molecule has 1 amide bonds. The molecule has 0 unspecified atom stereocenters. The van der Waals surface area contributed by atoms with Gasteiger partial charge < -0.3 is 10.4 Å². The van der Waals surface area contributed by atoms with Crippen molar-refractivity contribution in [1.29, 1.82) is 0 Å². The Labute approximate surface area is 192 Å². The van der Waals surface area contributed by atoms with Gasteiger partial charge in [0, 0.05) is 27.2 Å². The fourth-order valence-electron chi connectivity index (χ4n) is 2.82. The minimum atomic E-state index is -4.51. The van der Waals surface area contributed by atoms with Gasteiger partial charge in [0.1, 0.15) is 5.75 Å². The predicted molar refractivity (Wildman–Crippen MR) is 121 cm³/mol. The average Bonchev–Trinajstić information content (AvgIpc) is 2.75. The van der Waals surface area contributed by atoms with Crippen LogP contribution in [0.15, 0.2) is 72.7 Å². The van der Waals surface area contributed by atoms with Crippen molar-refractivity contribution in [2.24, 2.45) is 0 Å². The van der Waals surface area contributed by atoms with E-state index in [1.54, 1.807) is 0 Å². The molecular weight excluding hydrogens is 481 g/mol. The Balaban J connectivity index is 1.78. The Morgan fingerprint density at radius 1 is 1.03 bits per heavy atom. The molecule has 0 spiro atoms. The summed E-state index contributed by atoms with van der Waals surface area (Å²) in [6.45, 7) is 3.16. The highest BCUT2D eigenvalue weighted by Crippen LogP contribution is 2.35. The smallest absolute Gasteiger partial charge is 0.416 e. The second kappa shape index (κ2) is 9.16. The molecule has 6 nitrogen and oxygen atoms in total. The zero-order valence-electron chi connectivity index (χ0n) is 16.7. The van der Waals surface area contributed by atoms with Gasteiger partial charge in [-0.1, -0.05) is 36.4 Å². The van der Waals surface area contributed by atoms with Gasteiger partial charge in [0.15, 0.2) is 0 Å². The molecule has 0 aliphatic carbocycles. The largest absolute Gasteiger partial charge is 0.506 e. The standard InChI is InChI=1S/C22H16ClF3N2O4S/c1-2-33(31,32)28-19-12-16(8-10-20(19)29)27-21(30)14-5-3-13(4-6-14)17-9-7-15(11-18(17)23)22(24,25)26/h2-12,28-29H,1H2,(H,27,30). The van der Waals surface area contributed by atoms with Crippen molar-refractivity contribution in [3.05, 3.63) is 88.8 Å². The molecule has 0 aliphatic heterocycles. The number of hydrogen-bond acceptors (Lipinski definition) is 4. The maximum atomic E-state index is 12.8. The fraction of sp³-hybridized carbons (Fsp3) is 0.0455. The highest BCUT2D eigenvalue weighted by Gasteiger charge is 2.31. The van der Waals surface area contributed by atoms with Crippen LogP contribution in [-0.2, 0) is 16.2 Å². The van der Waals surface area contributed by atoms with Gasteiger partial charge in [0.25, 0.3) is 15.9 Å². The van der Waals surface area contributed by atoms with Gasteiger partial charge in [-0.3, -0.25) is 9.52 Å². The number of carbonyl (C=O) groups excluding carboxylic acids is 1. The van der Waals surface area contributed by atoms with Gasteiger partial charge >= 0.3 is 6.18 Å². The summed E-state index contributed by atoms with van der Waals surface area (Å²) in [4.78, 5) is 12.5. The lowest BCUT2D eigenvalue weighted by Crippen LogP contribution is -2.13. The lowest BCUT2D eigenvalue weighted by Gasteiger charge is -2.12. The molecule has 0 radical (unpaired) electrons. The van der Waals surface area contributed by atoms with Crippen LogP contribution in [0.2, 0.25) is 5.02 Å². The van der Waals surface area contributed by atoms with E-state index in [1.165, 1.54) is 48.5 Å². The number of carbonyl (C=O) groups is 1. The molecular formula is C22H16ClF3N2O4S. The molecule has 0 aliphatic rings. The van der Waals surface area contributed by atoms with Gasteiger partial charge in [0.2, 0.25) is 0 Å². The van der Waals surface area contributed by atoms with Crippen LogP contribution in [0.25, 0.3) is 11.1 Å². The summed E-state index contributed by atoms with van der Waals surface area (Å²) >= 11 is 6.01. The van der Waals surface area contributed by atoms with Crippen molar-refractivity contribution < 1.29 is 31.5 Å². The number of phenols is 1. The summed E-state index contributed by atoms with van der Waals surface area (Å²) in [5.74, 6) is -0.889. The third kappa shape index (κ3) is 5.85. The molecule has 11 heteroatoms. The van der Waals surface area contributed by atoms with Crippen molar-refractivity contribution >= 4 is 38.9 Å². The molecule has 0 aromatic heterocycles. The van der Waals surface area contributed by atoms with Gasteiger partial charge in [-0.2, -0.15) is 13.2 Å². The van der Waals surface area contributed by atoms with Crippen molar-refractivity contribution in [2.45, 2.75) is 6.18 Å². The monoisotopic (exact) mass is 496 g/mol. The van der Waals surface area contributed by atoms with Crippen LogP contribution in [-0.4, -0.2) is 19.4 Å². The summed E-state index contributed by atoms with van der Waals surface area (Å²) < 4.78 is 63.8. The van der Waals surface area contributed by atoms with E-state index in [0.717, 1.165) is 12.1 Å². The van der Waals surface area contributed by atoms with Crippen LogP contribution >= 0.6 is 11.6 Å². The van der Waals surface area contributed by atoms with E-state index in [2.05, 4.69) is 16.6 Å². The minimum absolute atomic E-state index is 0.0828. The topological polar surface area (TPSA) is 95.5 Å². The van der Waals surface area contributed by atoms with Crippen molar-refractivity contribution in [2.75, 3.05) is 10.0 Å². The molecule has 0 bridgehead atoms. The normalized spacial score (nSPS) is 11.6. The number of phenolic OH excluding ortho intramolecular Hbond substituents is 1. The number of hydrogen-bond donors (Lipinski definition) is 3. The predicted octanol–water partition coefficient (Wildman–Crippen LogP) is 5.87. The number of alkyl halides is 3. The maximum Gasteiger partial charge on any atom is 0.416 e. The summed E-state index contributed by atoms with van der Waals surface area (Å²) in [5.41, 5.74) is 0.290. The second-order valence-corrected chi connectivity index (χ2v) is 8.80. The molecule has 0 saturated carbocycles. The summed E-state index contributed by atoms with van der Waals surface area (Å²) in [6.07, 6.45) is -4.51. The minimum Gasteiger partial charge on any atom is -0.506 e. The number of benzene rings is 3. The number of amides is 1. The molecule has 3 aromatic rings. The van der Waals surface area contributed by atoms with Crippen LogP contribution < -0.4 is 10.0 Å². The van der Waals surface area contributed by atoms with E-state index >= 15 is 0 Å². The molecule has 0 atom stereocenters. The van der Waals surface area contributed by atoms with E-state index in [0.29, 0.717) is 16.5 Å². The number of rotatable bonds is 6. The quantitative estimate of drug-likeness (QED) is 0.294. The Kier molecular flexibility index (Phi) is 6.71. The zero-order chi connectivity index (χ0) is 24.4. The van der Waals surface area contributed by atoms with Crippen LogP contribution in [0.1, 0.15) is 15.9 Å². The van der Waals surface area contributed by atoms with Crippen LogP contribution in [0, 0.1) is 0 Å². The van der Waals surface area contributed by atoms with E-state index in [-0.39, 0.29) is 27.7 Å². The third-order valence-corrected chi connectivity index (χ3v) is 5.74. The van der Waals surface area contributed by atoms with E-state index in [1.807, 2.05) is 0 Å². The molecule has 3 aromatic carbocycles. The first-order valence-corrected chi connectivity index (χ1v) is 11.1. The molecule has 0 heterocycles. The molecule has 3 N–H and O–H groups in total. The number of halogens is 4. The van der Waals surface area contributed by atoms with Crippen molar-refractivity contribution in [3.63, 3.8) is 0 Å². The Morgan fingerprint density at radius 2 is 1.70 bits per heavy atom. The first-order valence-electron chi connectivity index (χ1n) is 9.16. The molecule has 0 fully saturated rings.